The number of rotatable bonds is 2. The zero-order valence-electron chi connectivity index (χ0n) is 16.5. The van der Waals surface area contributed by atoms with Crippen LogP contribution in [0.3, 0.4) is 0 Å². The van der Waals surface area contributed by atoms with E-state index in [2.05, 4.69) is 20.6 Å². The Morgan fingerprint density at radius 1 is 1.03 bits per heavy atom. The number of hydrazone groups is 1. The standard InChI is InChI=1S/C22H23N5O2/c1-15-10-12-16(13-11-15)23-22(29)24-20-19(18-9-6-14-26(18)2)21(28)27(25-20)17-7-4-3-5-8-17/h3-5,7-8,10-13H,6,9,14H2,1-2H3,(H2,23,24,25,29). The summed E-state index contributed by atoms with van der Waals surface area (Å²) in [6.07, 6.45) is 1.75. The Hall–Kier alpha value is -3.61. The molecule has 1 saturated heterocycles. The molecule has 0 unspecified atom stereocenters. The second kappa shape index (κ2) is 7.79. The van der Waals surface area contributed by atoms with Crippen LogP contribution in [0.25, 0.3) is 0 Å². The molecule has 29 heavy (non-hydrogen) atoms. The second-order valence-electron chi connectivity index (χ2n) is 7.19. The zero-order chi connectivity index (χ0) is 20.4. The van der Waals surface area contributed by atoms with Crippen LogP contribution >= 0.6 is 0 Å². The van der Waals surface area contributed by atoms with Gasteiger partial charge in [0.2, 0.25) is 0 Å². The van der Waals surface area contributed by atoms with Crippen molar-refractivity contribution in [1.82, 2.24) is 10.2 Å². The molecule has 0 bridgehead atoms. The molecule has 2 aliphatic heterocycles. The van der Waals surface area contributed by atoms with Gasteiger partial charge >= 0.3 is 6.03 Å². The van der Waals surface area contributed by atoms with E-state index in [9.17, 15) is 9.59 Å². The molecule has 4 rings (SSSR count). The highest BCUT2D eigenvalue weighted by Crippen LogP contribution is 2.30. The number of carbonyl (C=O) groups is 2. The van der Waals surface area contributed by atoms with Crippen molar-refractivity contribution in [3.63, 3.8) is 0 Å². The number of nitrogens with one attached hydrogen (secondary N) is 2. The summed E-state index contributed by atoms with van der Waals surface area (Å²) in [4.78, 5) is 27.8. The summed E-state index contributed by atoms with van der Waals surface area (Å²) in [5.74, 6) is 0.0396. The van der Waals surface area contributed by atoms with Crippen LogP contribution in [0.5, 0.6) is 0 Å². The van der Waals surface area contributed by atoms with Gasteiger partial charge < -0.3 is 10.2 Å². The van der Waals surface area contributed by atoms with E-state index in [0.29, 0.717) is 16.9 Å². The van der Waals surface area contributed by atoms with E-state index in [0.717, 1.165) is 30.6 Å². The maximum absolute atomic E-state index is 13.2. The predicted octanol–water partition coefficient (Wildman–Crippen LogP) is 3.46. The summed E-state index contributed by atoms with van der Waals surface area (Å²) in [7, 11) is 1.96. The Morgan fingerprint density at radius 2 is 1.76 bits per heavy atom. The molecule has 0 radical (unpaired) electrons. The molecule has 2 N–H and O–H groups in total. The molecule has 2 heterocycles. The van der Waals surface area contributed by atoms with E-state index in [1.54, 1.807) is 0 Å². The maximum atomic E-state index is 13.2. The number of benzene rings is 2. The molecule has 2 aromatic carbocycles. The van der Waals surface area contributed by atoms with E-state index in [1.807, 2.05) is 68.6 Å². The van der Waals surface area contributed by atoms with Gasteiger partial charge in [-0.15, -0.1) is 5.10 Å². The first kappa shape index (κ1) is 18.7. The molecule has 0 atom stereocenters. The third kappa shape index (κ3) is 3.85. The highest BCUT2D eigenvalue weighted by Gasteiger charge is 2.36. The number of amides is 3. The molecule has 2 aromatic rings. The molecule has 0 aliphatic carbocycles. The van der Waals surface area contributed by atoms with E-state index in [1.165, 1.54) is 5.01 Å². The fraction of sp³-hybridized carbons (Fsp3) is 0.227. The lowest BCUT2D eigenvalue weighted by Gasteiger charge is -2.17. The summed E-state index contributed by atoms with van der Waals surface area (Å²) in [6.45, 7) is 2.86. The molecule has 7 nitrogen and oxygen atoms in total. The van der Waals surface area contributed by atoms with Crippen molar-refractivity contribution in [2.24, 2.45) is 5.10 Å². The van der Waals surface area contributed by atoms with Gasteiger partial charge in [0.05, 0.1) is 5.69 Å². The summed E-state index contributed by atoms with van der Waals surface area (Å²) < 4.78 is 0. The molecular weight excluding hydrogens is 366 g/mol. The third-order valence-corrected chi connectivity index (χ3v) is 5.04. The quantitative estimate of drug-likeness (QED) is 0.773. The highest BCUT2D eigenvalue weighted by atomic mass is 16.2. The minimum atomic E-state index is -0.436. The summed E-state index contributed by atoms with van der Waals surface area (Å²) >= 11 is 0. The third-order valence-electron chi connectivity index (χ3n) is 5.04. The minimum Gasteiger partial charge on any atom is -0.377 e. The number of hydrogen-bond donors (Lipinski definition) is 2. The average Bonchev–Trinajstić information content (AvgIpc) is 3.27. The topological polar surface area (TPSA) is 77.0 Å². The zero-order valence-corrected chi connectivity index (χ0v) is 16.5. The number of aryl methyl sites for hydroxylation is 1. The van der Waals surface area contributed by atoms with Crippen molar-refractivity contribution < 1.29 is 9.59 Å². The Bertz CT molecular complexity index is 996. The Kier molecular flexibility index (Phi) is 5.03. The van der Waals surface area contributed by atoms with Crippen LogP contribution in [0.1, 0.15) is 18.4 Å². The molecule has 1 fully saturated rings. The van der Waals surface area contributed by atoms with Crippen molar-refractivity contribution in [3.8, 4) is 0 Å². The summed E-state index contributed by atoms with van der Waals surface area (Å²) in [6, 6.07) is 16.3. The number of amidine groups is 1. The first-order valence-electron chi connectivity index (χ1n) is 9.60. The van der Waals surface area contributed by atoms with Gasteiger partial charge in [-0.05, 0) is 44.0 Å². The summed E-state index contributed by atoms with van der Waals surface area (Å²) in [5.41, 5.74) is 3.80. The Morgan fingerprint density at radius 3 is 2.41 bits per heavy atom. The lowest BCUT2D eigenvalue weighted by Crippen LogP contribution is -2.36. The average molecular weight is 389 g/mol. The van der Waals surface area contributed by atoms with Crippen LogP contribution in [0, 0.1) is 6.92 Å². The number of urea groups is 1. The van der Waals surface area contributed by atoms with Crippen molar-refractivity contribution in [2.45, 2.75) is 19.8 Å². The first-order chi connectivity index (χ1) is 14.0. The van der Waals surface area contributed by atoms with Gasteiger partial charge in [-0.25, -0.2) is 4.79 Å². The number of para-hydroxylation sites is 1. The molecule has 0 spiro atoms. The SMILES string of the molecule is Cc1ccc(NC(=O)NC2=NN(c3ccccc3)C(=O)C2=C2CCCN2C)cc1. The smallest absolute Gasteiger partial charge is 0.324 e. The van der Waals surface area contributed by atoms with Crippen molar-refractivity contribution >= 4 is 29.1 Å². The van der Waals surface area contributed by atoms with Gasteiger partial charge in [-0.1, -0.05) is 35.9 Å². The molecular formula is C22H23N5O2. The molecule has 2 aliphatic rings. The number of hydrogen-bond acceptors (Lipinski definition) is 4. The predicted molar refractivity (Wildman–Crippen MR) is 114 cm³/mol. The summed E-state index contributed by atoms with van der Waals surface area (Å²) in [5, 5.41) is 11.3. The number of allylic oxidation sites excluding steroid dienone is 1. The molecule has 0 aromatic heterocycles. The molecule has 3 amide bonds. The van der Waals surface area contributed by atoms with Gasteiger partial charge in [0.1, 0.15) is 5.57 Å². The van der Waals surface area contributed by atoms with Crippen LogP contribution in [0.2, 0.25) is 0 Å². The number of carbonyl (C=O) groups excluding carboxylic acids is 2. The second-order valence-corrected chi connectivity index (χ2v) is 7.19. The van der Waals surface area contributed by atoms with Gasteiger partial charge in [0, 0.05) is 25.0 Å². The molecule has 0 saturated carbocycles. The van der Waals surface area contributed by atoms with Crippen LogP contribution in [0.15, 0.2) is 71.0 Å². The lowest BCUT2D eigenvalue weighted by molar-refractivity contribution is -0.114. The fourth-order valence-electron chi connectivity index (χ4n) is 3.53. The Labute approximate surface area is 169 Å². The maximum Gasteiger partial charge on any atom is 0.324 e. The van der Waals surface area contributed by atoms with Crippen molar-refractivity contribution in [2.75, 3.05) is 23.9 Å². The molecule has 148 valence electrons. The van der Waals surface area contributed by atoms with E-state index in [4.69, 9.17) is 0 Å². The van der Waals surface area contributed by atoms with E-state index < -0.39 is 6.03 Å². The number of anilines is 2. The largest absolute Gasteiger partial charge is 0.377 e. The van der Waals surface area contributed by atoms with Crippen LogP contribution in [-0.4, -0.2) is 36.3 Å². The van der Waals surface area contributed by atoms with Crippen LogP contribution in [0.4, 0.5) is 16.2 Å². The van der Waals surface area contributed by atoms with Gasteiger partial charge in [-0.3, -0.25) is 10.1 Å². The van der Waals surface area contributed by atoms with Gasteiger partial charge in [0.15, 0.2) is 5.84 Å². The van der Waals surface area contributed by atoms with Crippen molar-refractivity contribution in [3.05, 3.63) is 71.4 Å². The number of likely N-dealkylation sites (tertiary alicyclic amines) is 1. The monoisotopic (exact) mass is 389 g/mol. The van der Waals surface area contributed by atoms with Crippen LogP contribution < -0.4 is 15.6 Å². The van der Waals surface area contributed by atoms with E-state index >= 15 is 0 Å². The van der Waals surface area contributed by atoms with Crippen molar-refractivity contribution in [1.29, 1.82) is 0 Å². The van der Waals surface area contributed by atoms with Gasteiger partial charge in [0.25, 0.3) is 5.91 Å². The lowest BCUT2D eigenvalue weighted by atomic mass is 10.1. The minimum absolute atomic E-state index is 0.231. The Balaban J connectivity index is 1.63. The first-order valence-corrected chi connectivity index (χ1v) is 9.60. The van der Waals surface area contributed by atoms with E-state index in [-0.39, 0.29) is 11.7 Å². The fourth-order valence-corrected chi connectivity index (χ4v) is 3.53. The highest BCUT2D eigenvalue weighted by molar-refractivity contribution is 6.32. The van der Waals surface area contributed by atoms with Crippen LogP contribution in [-0.2, 0) is 4.79 Å². The number of nitrogens with zero attached hydrogens (tertiary/aromatic N) is 3. The normalized spacial score (nSPS) is 18.8. The molecule has 7 heteroatoms. The van der Waals surface area contributed by atoms with Gasteiger partial charge in [-0.2, -0.15) is 5.01 Å².